The zero-order valence-electron chi connectivity index (χ0n) is 18.4. The minimum Gasteiger partial charge on any atom is -0.493 e. The van der Waals surface area contributed by atoms with Crippen molar-refractivity contribution in [2.75, 3.05) is 20.3 Å². The normalized spacial score (nSPS) is 13.0. The standard InChI is InChI=1S/C26H25ClN2O4/c1-31-25-14-20(8-11-24(25)32-17-19-6-9-23(27)10-7-19)15-28-33-18-26(30)29-13-12-21-4-2-3-5-22(21)16-29/h2-11,14-15H,12-13,16-18H2,1H3. The van der Waals surface area contributed by atoms with Crippen molar-refractivity contribution in [1.82, 2.24) is 4.90 Å². The van der Waals surface area contributed by atoms with Crippen LogP contribution in [0.15, 0.2) is 71.9 Å². The van der Waals surface area contributed by atoms with Gasteiger partial charge < -0.3 is 19.2 Å². The van der Waals surface area contributed by atoms with Crippen LogP contribution < -0.4 is 9.47 Å². The smallest absolute Gasteiger partial charge is 0.263 e. The summed E-state index contributed by atoms with van der Waals surface area (Å²) < 4.78 is 11.3. The molecular weight excluding hydrogens is 440 g/mol. The maximum absolute atomic E-state index is 12.5. The molecule has 3 aromatic carbocycles. The maximum Gasteiger partial charge on any atom is 0.263 e. The number of fused-ring (bicyclic) bond motifs is 1. The molecule has 7 heteroatoms. The minimum atomic E-state index is -0.0991. The number of hydrogen-bond donors (Lipinski definition) is 0. The second kappa shape index (κ2) is 10.9. The summed E-state index contributed by atoms with van der Waals surface area (Å²) in [6.07, 6.45) is 2.40. The Labute approximate surface area is 198 Å². The predicted molar refractivity (Wildman–Crippen MR) is 128 cm³/mol. The van der Waals surface area contributed by atoms with Gasteiger partial charge in [-0.05, 0) is 53.4 Å². The molecule has 1 amide bonds. The first-order valence-corrected chi connectivity index (χ1v) is 11.1. The van der Waals surface area contributed by atoms with Gasteiger partial charge in [-0.25, -0.2) is 0 Å². The van der Waals surface area contributed by atoms with Gasteiger partial charge in [-0.1, -0.05) is 53.2 Å². The van der Waals surface area contributed by atoms with Gasteiger partial charge in [-0.15, -0.1) is 0 Å². The van der Waals surface area contributed by atoms with Crippen LogP contribution in [0.5, 0.6) is 11.5 Å². The largest absolute Gasteiger partial charge is 0.493 e. The van der Waals surface area contributed by atoms with Crippen LogP contribution in [0.25, 0.3) is 0 Å². The number of rotatable bonds is 8. The molecule has 1 aliphatic rings. The summed E-state index contributed by atoms with van der Waals surface area (Å²) in [5.41, 5.74) is 4.26. The highest BCUT2D eigenvalue weighted by atomic mass is 35.5. The van der Waals surface area contributed by atoms with Gasteiger partial charge >= 0.3 is 0 Å². The van der Waals surface area contributed by atoms with E-state index < -0.39 is 0 Å². The Balaban J connectivity index is 1.28. The van der Waals surface area contributed by atoms with Crippen LogP contribution in [0.1, 0.15) is 22.3 Å². The molecule has 0 fully saturated rings. The molecule has 0 saturated carbocycles. The van der Waals surface area contributed by atoms with Gasteiger partial charge in [-0.3, -0.25) is 4.79 Å². The Morgan fingerprint density at radius 2 is 1.85 bits per heavy atom. The van der Waals surface area contributed by atoms with Crippen LogP contribution in [0.2, 0.25) is 5.02 Å². The molecule has 3 aromatic rings. The van der Waals surface area contributed by atoms with Gasteiger partial charge in [0.1, 0.15) is 6.61 Å². The van der Waals surface area contributed by atoms with Crippen LogP contribution in [0.4, 0.5) is 0 Å². The lowest BCUT2D eigenvalue weighted by Gasteiger charge is -2.28. The molecule has 4 rings (SSSR count). The number of hydrogen-bond acceptors (Lipinski definition) is 5. The molecule has 1 aliphatic heterocycles. The summed E-state index contributed by atoms with van der Waals surface area (Å²) in [5, 5.41) is 4.63. The van der Waals surface area contributed by atoms with Gasteiger partial charge in [0.25, 0.3) is 5.91 Å². The van der Waals surface area contributed by atoms with Gasteiger partial charge in [0, 0.05) is 23.7 Å². The molecule has 0 aliphatic carbocycles. The predicted octanol–water partition coefficient (Wildman–Crippen LogP) is 4.86. The summed E-state index contributed by atoms with van der Waals surface area (Å²) in [6, 6.07) is 21.1. The molecule has 6 nitrogen and oxygen atoms in total. The number of ether oxygens (including phenoxy) is 2. The second-order valence-electron chi connectivity index (χ2n) is 7.67. The van der Waals surface area contributed by atoms with E-state index in [2.05, 4.69) is 17.3 Å². The topological polar surface area (TPSA) is 60.4 Å². The average molecular weight is 465 g/mol. The number of amides is 1. The molecule has 0 radical (unpaired) electrons. The van der Waals surface area contributed by atoms with Gasteiger partial charge in [0.15, 0.2) is 18.1 Å². The number of nitrogens with zero attached hydrogens (tertiary/aromatic N) is 2. The third kappa shape index (κ3) is 6.05. The fourth-order valence-corrected chi connectivity index (χ4v) is 3.74. The lowest BCUT2D eigenvalue weighted by molar-refractivity contribution is -0.137. The summed E-state index contributed by atoms with van der Waals surface area (Å²) in [5.74, 6) is 1.12. The minimum absolute atomic E-state index is 0.0785. The van der Waals surface area contributed by atoms with Gasteiger partial charge in [0.2, 0.25) is 0 Å². The lowest BCUT2D eigenvalue weighted by Crippen LogP contribution is -2.37. The molecule has 0 N–H and O–H groups in total. The van der Waals surface area contributed by atoms with Crippen LogP contribution in [-0.2, 0) is 29.2 Å². The van der Waals surface area contributed by atoms with E-state index in [4.69, 9.17) is 25.9 Å². The number of benzene rings is 3. The van der Waals surface area contributed by atoms with E-state index in [0.29, 0.717) is 36.2 Å². The zero-order chi connectivity index (χ0) is 23.0. The van der Waals surface area contributed by atoms with E-state index in [0.717, 1.165) is 17.5 Å². The van der Waals surface area contributed by atoms with Crippen molar-refractivity contribution >= 4 is 23.7 Å². The molecule has 1 heterocycles. The van der Waals surface area contributed by atoms with Crippen molar-refractivity contribution in [3.63, 3.8) is 0 Å². The average Bonchev–Trinajstić information content (AvgIpc) is 2.86. The zero-order valence-corrected chi connectivity index (χ0v) is 19.1. The van der Waals surface area contributed by atoms with Crippen molar-refractivity contribution in [2.24, 2.45) is 5.16 Å². The highest BCUT2D eigenvalue weighted by molar-refractivity contribution is 6.30. The van der Waals surface area contributed by atoms with E-state index >= 15 is 0 Å². The fraction of sp³-hybridized carbons (Fsp3) is 0.231. The number of halogens is 1. The summed E-state index contributed by atoms with van der Waals surface area (Å²) in [7, 11) is 1.58. The first-order chi connectivity index (χ1) is 16.1. The van der Waals surface area contributed by atoms with E-state index in [1.165, 1.54) is 11.1 Å². The molecule has 0 spiro atoms. The van der Waals surface area contributed by atoms with Crippen molar-refractivity contribution in [2.45, 2.75) is 19.6 Å². The molecule has 0 bridgehead atoms. The third-order valence-corrected chi connectivity index (χ3v) is 5.69. The molecular formula is C26H25ClN2O4. The number of carbonyl (C=O) groups is 1. The van der Waals surface area contributed by atoms with Crippen molar-refractivity contribution in [3.05, 3.63) is 94.0 Å². The van der Waals surface area contributed by atoms with E-state index in [9.17, 15) is 4.79 Å². The maximum atomic E-state index is 12.5. The van der Waals surface area contributed by atoms with E-state index in [-0.39, 0.29) is 12.5 Å². The number of methoxy groups -OCH3 is 1. The van der Waals surface area contributed by atoms with Gasteiger partial charge in [-0.2, -0.15) is 0 Å². The Hall–Kier alpha value is -3.51. The first-order valence-electron chi connectivity index (χ1n) is 10.7. The Morgan fingerprint density at radius 3 is 2.64 bits per heavy atom. The summed E-state index contributed by atoms with van der Waals surface area (Å²) in [4.78, 5) is 19.5. The van der Waals surface area contributed by atoms with Crippen LogP contribution in [0, 0.1) is 0 Å². The van der Waals surface area contributed by atoms with Crippen LogP contribution in [0.3, 0.4) is 0 Å². The SMILES string of the molecule is COc1cc(C=NOCC(=O)N2CCc3ccccc3C2)ccc1OCc1ccc(Cl)cc1. The Kier molecular flexibility index (Phi) is 7.47. The number of carbonyl (C=O) groups excluding carboxylic acids is 1. The van der Waals surface area contributed by atoms with E-state index in [1.54, 1.807) is 24.3 Å². The molecule has 170 valence electrons. The third-order valence-electron chi connectivity index (χ3n) is 5.44. The van der Waals surface area contributed by atoms with Gasteiger partial charge in [0.05, 0.1) is 13.3 Å². The molecule has 0 atom stereocenters. The number of oxime groups is 1. The first kappa shape index (κ1) is 22.7. The summed E-state index contributed by atoms with van der Waals surface area (Å²) in [6.45, 7) is 1.60. The highest BCUT2D eigenvalue weighted by Gasteiger charge is 2.20. The molecule has 33 heavy (non-hydrogen) atoms. The molecule has 0 saturated heterocycles. The van der Waals surface area contributed by atoms with Crippen LogP contribution in [-0.4, -0.2) is 37.3 Å². The van der Waals surface area contributed by atoms with Crippen molar-refractivity contribution in [3.8, 4) is 11.5 Å². The quantitative estimate of drug-likeness (QED) is 0.353. The van der Waals surface area contributed by atoms with Crippen LogP contribution >= 0.6 is 11.6 Å². The molecule has 0 aromatic heterocycles. The Bertz CT molecular complexity index is 1130. The Morgan fingerprint density at radius 1 is 1.06 bits per heavy atom. The molecule has 0 unspecified atom stereocenters. The second-order valence-corrected chi connectivity index (χ2v) is 8.10. The van der Waals surface area contributed by atoms with Crippen molar-refractivity contribution in [1.29, 1.82) is 0 Å². The fourth-order valence-electron chi connectivity index (χ4n) is 3.62. The summed E-state index contributed by atoms with van der Waals surface area (Å²) >= 11 is 5.92. The highest BCUT2D eigenvalue weighted by Crippen LogP contribution is 2.28. The monoisotopic (exact) mass is 464 g/mol. The van der Waals surface area contributed by atoms with Crippen molar-refractivity contribution < 1.29 is 19.1 Å². The lowest BCUT2D eigenvalue weighted by atomic mass is 10.00. The van der Waals surface area contributed by atoms with E-state index in [1.807, 2.05) is 48.5 Å².